The lowest BCUT2D eigenvalue weighted by Crippen LogP contribution is -2.41. The fourth-order valence-corrected chi connectivity index (χ4v) is 3.16. The van der Waals surface area contributed by atoms with Gasteiger partial charge in [-0.2, -0.15) is 4.37 Å². The van der Waals surface area contributed by atoms with E-state index in [0.29, 0.717) is 0 Å². The van der Waals surface area contributed by atoms with Crippen molar-refractivity contribution in [1.29, 1.82) is 0 Å². The van der Waals surface area contributed by atoms with Gasteiger partial charge in [-0.15, -0.1) is 0 Å². The second-order valence-electron chi connectivity index (χ2n) is 6.11. The van der Waals surface area contributed by atoms with Crippen LogP contribution >= 0.6 is 11.5 Å². The zero-order chi connectivity index (χ0) is 18.7. The lowest BCUT2D eigenvalue weighted by atomic mass is 9.93. The van der Waals surface area contributed by atoms with Crippen molar-refractivity contribution in [2.45, 2.75) is 38.8 Å². The number of hydrogen-bond donors (Lipinski definition) is 3. The fraction of sp³-hybridized carbons (Fsp3) is 0.353. The monoisotopic (exact) mass is 379 g/mol. The van der Waals surface area contributed by atoms with Crippen molar-refractivity contribution < 1.29 is 23.8 Å². The number of hydrogen-bond acceptors (Lipinski definition) is 5. The summed E-state index contributed by atoms with van der Waals surface area (Å²) in [5.74, 6) is -1.87. The summed E-state index contributed by atoms with van der Waals surface area (Å²) < 4.78 is 23.2. The van der Waals surface area contributed by atoms with Crippen molar-refractivity contribution in [3.05, 3.63) is 40.7 Å². The van der Waals surface area contributed by atoms with Gasteiger partial charge in [0.25, 0.3) is 0 Å². The molecule has 0 unspecified atom stereocenters. The maximum Gasteiger partial charge on any atom is 0.344 e. The Kier molecular flexibility index (Phi) is 5.36. The summed E-state index contributed by atoms with van der Waals surface area (Å²) in [6.07, 6.45) is 2.90. The van der Waals surface area contributed by atoms with Crippen LogP contribution in [0.1, 0.15) is 40.7 Å². The predicted octanol–water partition coefficient (Wildman–Crippen LogP) is 3.54. The molecule has 2 amide bonds. The van der Waals surface area contributed by atoms with E-state index in [-0.39, 0.29) is 34.7 Å². The summed E-state index contributed by atoms with van der Waals surface area (Å²) >= 11 is 0.806. The maximum atomic E-state index is 13.9. The Hall–Kier alpha value is -2.68. The van der Waals surface area contributed by atoms with E-state index in [0.717, 1.165) is 36.4 Å². The van der Waals surface area contributed by atoms with E-state index in [1.165, 1.54) is 6.07 Å². The van der Waals surface area contributed by atoms with Crippen LogP contribution in [0.3, 0.4) is 0 Å². The van der Waals surface area contributed by atoms with Gasteiger partial charge in [-0.3, -0.25) is 5.32 Å². The second-order valence-corrected chi connectivity index (χ2v) is 6.88. The summed E-state index contributed by atoms with van der Waals surface area (Å²) in [7, 11) is 0. The van der Waals surface area contributed by atoms with Gasteiger partial charge in [0.05, 0.1) is 0 Å². The number of carbonyl (C=O) groups excluding carboxylic acids is 1. The minimum Gasteiger partial charge on any atom is -0.477 e. The molecular formula is C17H18FN3O4S. The molecule has 0 aliphatic heterocycles. The summed E-state index contributed by atoms with van der Waals surface area (Å²) in [6.45, 7) is 1.60. The Morgan fingerprint density at radius 3 is 2.81 bits per heavy atom. The van der Waals surface area contributed by atoms with Crippen molar-refractivity contribution >= 4 is 28.5 Å². The van der Waals surface area contributed by atoms with Crippen molar-refractivity contribution in [2.24, 2.45) is 0 Å². The Balaban J connectivity index is 1.70. The molecule has 2 aromatic rings. The molecule has 1 aliphatic carbocycles. The third kappa shape index (κ3) is 4.10. The number of carboxylic acid groups (broad SMARTS) is 1. The molecule has 0 saturated heterocycles. The highest BCUT2D eigenvalue weighted by Gasteiger charge is 2.25. The molecule has 1 heterocycles. The van der Waals surface area contributed by atoms with Crippen LogP contribution in [-0.2, 0) is 6.61 Å². The number of aromatic carboxylic acids is 1. The normalized spacial score (nSPS) is 13.8. The highest BCUT2D eigenvalue weighted by Crippen LogP contribution is 2.31. The van der Waals surface area contributed by atoms with Crippen LogP contribution in [0, 0.1) is 12.7 Å². The lowest BCUT2D eigenvalue weighted by Gasteiger charge is -2.26. The van der Waals surface area contributed by atoms with Crippen molar-refractivity contribution in [3.63, 3.8) is 0 Å². The smallest absolute Gasteiger partial charge is 0.344 e. The Morgan fingerprint density at radius 2 is 2.19 bits per heavy atom. The molecule has 0 radical (unpaired) electrons. The van der Waals surface area contributed by atoms with Crippen LogP contribution in [-0.4, -0.2) is 27.5 Å². The summed E-state index contributed by atoms with van der Waals surface area (Å²) in [5.41, 5.74) is 0.818. The molecule has 0 spiro atoms. The maximum absolute atomic E-state index is 13.9. The quantitative estimate of drug-likeness (QED) is 0.713. The zero-order valence-corrected chi connectivity index (χ0v) is 14.9. The van der Waals surface area contributed by atoms with Gasteiger partial charge >= 0.3 is 12.0 Å². The highest BCUT2D eigenvalue weighted by molar-refractivity contribution is 7.11. The number of nitrogens with zero attached hydrogens (tertiary/aromatic N) is 1. The van der Waals surface area contributed by atoms with E-state index < -0.39 is 17.8 Å². The first-order chi connectivity index (χ1) is 12.4. The first kappa shape index (κ1) is 18.1. The van der Waals surface area contributed by atoms with Crippen molar-refractivity contribution in [3.8, 4) is 5.88 Å². The summed E-state index contributed by atoms with van der Waals surface area (Å²) in [6, 6.07) is 4.32. The molecule has 1 aromatic heterocycles. The standard InChI is InChI=1S/C17H18FN3O4S/c1-9-5-6-10(12(18)7-9)8-25-14-13(16(22)23)15(26-21-14)20-17(24)19-11-3-2-4-11/h5-7,11H,2-4,8H2,1H3,(H,22,23)(H2,19,20,24). The Labute approximate surface area is 153 Å². The topological polar surface area (TPSA) is 101 Å². The van der Waals surface area contributed by atoms with Crippen LogP contribution in [0.25, 0.3) is 0 Å². The molecule has 1 saturated carbocycles. The number of anilines is 1. The summed E-state index contributed by atoms with van der Waals surface area (Å²) in [5, 5.41) is 14.7. The minimum absolute atomic E-state index is 0.0775. The number of urea groups is 1. The molecule has 1 aromatic carbocycles. The molecule has 138 valence electrons. The van der Waals surface area contributed by atoms with Crippen LogP contribution in [0.5, 0.6) is 5.88 Å². The number of carboxylic acids is 1. The number of aromatic nitrogens is 1. The first-order valence-electron chi connectivity index (χ1n) is 8.12. The van der Waals surface area contributed by atoms with E-state index in [1.54, 1.807) is 19.1 Å². The number of benzene rings is 1. The first-order valence-corrected chi connectivity index (χ1v) is 8.89. The van der Waals surface area contributed by atoms with Gasteiger partial charge in [0.2, 0.25) is 5.88 Å². The summed E-state index contributed by atoms with van der Waals surface area (Å²) in [4.78, 5) is 23.5. The SMILES string of the molecule is Cc1ccc(COc2nsc(NC(=O)NC3CCC3)c2C(=O)O)c(F)c1. The average molecular weight is 379 g/mol. The largest absolute Gasteiger partial charge is 0.477 e. The van der Waals surface area contributed by atoms with Crippen LogP contribution < -0.4 is 15.4 Å². The van der Waals surface area contributed by atoms with E-state index in [9.17, 15) is 19.1 Å². The van der Waals surface area contributed by atoms with Crippen LogP contribution in [0.15, 0.2) is 18.2 Å². The molecule has 1 aliphatic rings. The molecule has 0 atom stereocenters. The fourth-order valence-electron chi connectivity index (χ4n) is 2.44. The number of nitrogens with one attached hydrogen (secondary N) is 2. The van der Waals surface area contributed by atoms with Crippen molar-refractivity contribution in [2.75, 3.05) is 5.32 Å². The van der Waals surface area contributed by atoms with Crippen molar-refractivity contribution in [1.82, 2.24) is 9.69 Å². The molecule has 3 N–H and O–H groups in total. The van der Waals surface area contributed by atoms with Gasteiger partial charge in [-0.05, 0) is 49.3 Å². The minimum atomic E-state index is -1.28. The zero-order valence-electron chi connectivity index (χ0n) is 14.0. The second kappa shape index (κ2) is 7.69. The van der Waals surface area contributed by atoms with Gasteiger partial charge < -0.3 is 15.2 Å². The van der Waals surface area contributed by atoms with Gasteiger partial charge in [0.15, 0.2) is 5.56 Å². The number of amides is 2. The Morgan fingerprint density at radius 1 is 1.42 bits per heavy atom. The number of aryl methyl sites for hydroxylation is 1. The lowest BCUT2D eigenvalue weighted by molar-refractivity contribution is 0.0693. The molecule has 26 heavy (non-hydrogen) atoms. The number of rotatable bonds is 6. The molecule has 3 rings (SSSR count). The Bertz CT molecular complexity index is 835. The van der Waals surface area contributed by atoms with E-state index in [1.807, 2.05) is 0 Å². The number of ether oxygens (including phenoxy) is 1. The van der Waals surface area contributed by atoms with E-state index >= 15 is 0 Å². The van der Waals surface area contributed by atoms with Gasteiger partial charge in [0.1, 0.15) is 17.4 Å². The third-order valence-corrected chi connectivity index (χ3v) is 4.86. The van der Waals surface area contributed by atoms with E-state index in [4.69, 9.17) is 4.74 Å². The van der Waals surface area contributed by atoms with Gasteiger partial charge in [-0.1, -0.05) is 12.1 Å². The van der Waals surface area contributed by atoms with Crippen LogP contribution in [0.4, 0.5) is 14.2 Å². The highest BCUT2D eigenvalue weighted by atomic mass is 32.1. The van der Waals surface area contributed by atoms with Gasteiger partial charge in [0, 0.05) is 11.6 Å². The molecule has 0 bridgehead atoms. The number of halogens is 1. The average Bonchev–Trinajstić information content (AvgIpc) is 2.93. The van der Waals surface area contributed by atoms with Crippen LogP contribution in [0.2, 0.25) is 0 Å². The van der Waals surface area contributed by atoms with E-state index in [2.05, 4.69) is 15.0 Å². The number of carbonyl (C=O) groups is 2. The predicted molar refractivity (Wildman–Crippen MR) is 94.3 cm³/mol. The van der Waals surface area contributed by atoms with Gasteiger partial charge in [-0.25, -0.2) is 14.0 Å². The third-order valence-electron chi connectivity index (χ3n) is 4.12. The molecule has 9 heteroatoms. The molecule has 7 nitrogen and oxygen atoms in total. The molecule has 1 fully saturated rings. The molecular weight excluding hydrogens is 361 g/mol.